The Hall–Kier alpha value is -3.65. The molecule has 0 aliphatic heterocycles. The number of hydrogen-bond acceptors (Lipinski definition) is 5. The first kappa shape index (κ1) is 28.9. The average molecular weight is 539 g/mol. The molecular formula is C29H35ClN4O4. The minimum atomic E-state index is -1.05. The second kappa shape index (κ2) is 12.3. The second-order valence-corrected chi connectivity index (χ2v) is 10.4. The molecule has 9 heteroatoms. The topological polar surface area (TPSA) is 105 Å². The van der Waals surface area contributed by atoms with Crippen molar-refractivity contribution in [3.63, 3.8) is 0 Å². The van der Waals surface area contributed by atoms with Crippen LogP contribution in [0, 0.1) is 20.8 Å². The summed E-state index contributed by atoms with van der Waals surface area (Å²) in [5.74, 6) is -0.298. The molecule has 0 spiro atoms. The first-order chi connectivity index (χ1) is 17.9. The van der Waals surface area contributed by atoms with Crippen molar-refractivity contribution in [2.24, 2.45) is 0 Å². The molecule has 3 rings (SSSR count). The summed E-state index contributed by atoms with van der Waals surface area (Å²) >= 11 is 6.61. The fourth-order valence-corrected chi connectivity index (χ4v) is 4.38. The highest BCUT2D eigenvalue weighted by atomic mass is 35.5. The van der Waals surface area contributed by atoms with Gasteiger partial charge in [0.25, 0.3) is 0 Å². The summed E-state index contributed by atoms with van der Waals surface area (Å²) in [6.45, 7) is 11.3. The molecule has 8 nitrogen and oxygen atoms in total. The van der Waals surface area contributed by atoms with Crippen LogP contribution in [0.2, 0.25) is 5.02 Å². The Bertz CT molecular complexity index is 1300. The fraction of sp³-hybridized carbons (Fsp3) is 0.379. The van der Waals surface area contributed by atoms with Crippen molar-refractivity contribution in [2.75, 3.05) is 10.2 Å². The van der Waals surface area contributed by atoms with Crippen molar-refractivity contribution >= 4 is 40.8 Å². The zero-order valence-corrected chi connectivity index (χ0v) is 23.5. The van der Waals surface area contributed by atoms with Crippen molar-refractivity contribution in [1.29, 1.82) is 0 Å². The number of hydrogen-bond donors (Lipinski definition) is 2. The van der Waals surface area contributed by atoms with E-state index in [1.807, 2.05) is 52.8 Å². The molecule has 1 aromatic heterocycles. The molecule has 0 aliphatic carbocycles. The number of aryl methyl sites for hydroxylation is 3. The third kappa shape index (κ3) is 7.01. The molecule has 2 N–H and O–H groups in total. The van der Waals surface area contributed by atoms with Crippen LogP contribution in [0.3, 0.4) is 0 Å². The largest absolute Gasteiger partial charge is 0.360 e. The molecule has 0 aliphatic rings. The minimum absolute atomic E-state index is 0.108. The third-order valence-corrected chi connectivity index (χ3v) is 6.81. The van der Waals surface area contributed by atoms with Gasteiger partial charge in [0.15, 0.2) is 5.82 Å². The van der Waals surface area contributed by atoms with Crippen LogP contribution < -0.4 is 15.5 Å². The lowest BCUT2D eigenvalue weighted by atomic mass is 9.96. The third-order valence-electron chi connectivity index (χ3n) is 6.46. The van der Waals surface area contributed by atoms with Crippen LogP contribution in [0.5, 0.6) is 0 Å². The van der Waals surface area contributed by atoms with E-state index in [1.54, 1.807) is 37.3 Å². The number of rotatable bonds is 10. The molecule has 202 valence electrons. The summed E-state index contributed by atoms with van der Waals surface area (Å²) in [5.41, 5.74) is 2.24. The van der Waals surface area contributed by atoms with Crippen LogP contribution in [-0.4, -0.2) is 28.4 Å². The SMILES string of the molecule is CCC(C)(C)NC(=O)[C@H](c1ccccc1Cl)N(C(=O)CCC(=O)Nc1cc(C)on1)c1c(C)cccc1C. The predicted octanol–water partition coefficient (Wildman–Crippen LogP) is 6.05. The Balaban J connectivity index is 2.04. The molecule has 0 unspecified atom stereocenters. The van der Waals surface area contributed by atoms with Gasteiger partial charge in [-0.1, -0.05) is 60.1 Å². The summed E-state index contributed by atoms with van der Waals surface area (Å²) in [7, 11) is 0. The number of anilines is 2. The Morgan fingerprint density at radius 3 is 2.26 bits per heavy atom. The number of para-hydroxylation sites is 1. The van der Waals surface area contributed by atoms with Crippen LogP contribution in [0.1, 0.15) is 68.5 Å². The highest BCUT2D eigenvalue weighted by Crippen LogP contribution is 2.36. The first-order valence-corrected chi connectivity index (χ1v) is 13.0. The van der Waals surface area contributed by atoms with Gasteiger partial charge in [0.2, 0.25) is 17.7 Å². The number of halogens is 1. The Morgan fingerprint density at radius 1 is 1.03 bits per heavy atom. The molecule has 3 amide bonds. The number of amides is 3. The fourth-order valence-electron chi connectivity index (χ4n) is 4.14. The Morgan fingerprint density at radius 2 is 1.68 bits per heavy atom. The maximum Gasteiger partial charge on any atom is 0.248 e. The molecule has 0 saturated carbocycles. The van der Waals surface area contributed by atoms with Gasteiger partial charge in [0.05, 0.1) is 5.69 Å². The van der Waals surface area contributed by atoms with Gasteiger partial charge in [0, 0.05) is 35.0 Å². The molecule has 0 saturated heterocycles. The first-order valence-electron chi connectivity index (χ1n) is 12.6. The lowest BCUT2D eigenvalue weighted by Crippen LogP contribution is -2.51. The van der Waals surface area contributed by atoms with Gasteiger partial charge in [-0.05, 0) is 58.2 Å². The van der Waals surface area contributed by atoms with E-state index < -0.39 is 11.6 Å². The van der Waals surface area contributed by atoms with Crippen LogP contribution in [0.25, 0.3) is 0 Å². The van der Waals surface area contributed by atoms with E-state index in [9.17, 15) is 14.4 Å². The molecule has 1 atom stereocenters. The number of carbonyl (C=O) groups excluding carboxylic acids is 3. The maximum atomic E-state index is 14.0. The molecule has 3 aromatic rings. The van der Waals surface area contributed by atoms with Gasteiger partial charge in [0.1, 0.15) is 11.8 Å². The van der Waals surface area contributed by atoms with Crippen molar-refractivity contribution in [3.8, 4) is 0 Å². The standard InChI is InChI=1S/C29H35ClN4O4/c1-7-29(5,6)32-28(37)27(21-13-8-9-14-22(21)30)34(26-18(2)11-10-12-19(26)3)25(36)16-15-24(35)31-23-17-20(4)38-33-23/h8-14,17,27H,7,15-16H2,1-6H3,(H,32,37)(H,31,33,35)/t27-/m0/s1. The van der Waals surface area contributed by atoms with Gasteiger partial charge in [-0.3, -0.25) is 19.3 Å². The van der Waals surface area contributed by atoms with E-state index in [0.717, 1.165) is 11.1 Å². The smallest absolute Gasteiger partial charge is 0.248 e. The number of benzene rings is 2. The van der Waals surface area contributed by atoms with Crippen LogP contribution in [-0.2, 0) is 14.4 Å². The van der Waals surface area contributed by atoms with Crippen molar-refractivity contribution in [2.45, 2.75) is 72.4 Å². The zero-order valence-electron chi connectivity index (χ0n) is 22.7. The monoisotopic (exact) mass is 538 g/mol. The van der Waals surface area contributed by atoms with E-state index in [4.69, 9.17) is 16.1 Å². The number of aromatic nitrogens is 1. The molecule has 1 heterocycles. The summed E-state index contributed by atoms with van der Waals surface area (Å²) < 4.78 is 4.98. The van der Waals surface area contributed by atoms with Crippen molar-refractivity contribution < 1.29 is 18.9 Å². The summed E-state index contributed by atoms with van der Waals surface area (Å²) in [4.78, 5) is 42.0. The van der Waals surface area contributed by atoms with E-state index in [1.165, 1.54) is 4.90 Å². The minimum Gasteiger partial charge on any atom is -0.360 e. The highest BCUT2D eigenvalue weighted by molar-refractivity contribution is 6.31. The van der Waals surface area contributed by atoms with Gasteiger partial charge < -0.3 is 15.2 Å². The molecule has 0 bridgehead atoms. The van der Waals surface area contributed by atoms with Crippen molar-refractivity contribution in [3.05, 3.63) is 76.0 Å². The van der Waals surface area contributed by atoms with E-state index >= 15 is 0 Å². The van der Waals surface area contributed by atoms with Gasteiger partial charge in [-0.15, -0.1) is 0 Å². The summed E-state index contributed by atoms with van der Waals surface area (Å²) in [6, 6.07) is 13.2. The summed E-state index contributed by atoms with van der Waals surface area (Å²) in [5, 5.41) is 9.85. The molecule has 0 fully saturated rings. The Kier molecular flexibility index (Phi) is 9.33. The predicted molar refractivity (Wildman–Crippen MR) is 149 cm³/mol. The van der Waals surface area contributed by atoms with Crippen molar-refractivity contribution in [1.82, 2.24) is 10.5 Å². The number of nitrogens with zero attached hydrogens (tertiary/aromatic N) is 2. The second-order valence-electron chi connectivity index (χ2n) is 10.0. The van der Waals surface area contributed by atoms with Gasteiger partial charge in [-0.2, -0.15) is 0 Å². The van der Waals surface area contributed by atoms with E-state index in [2.05, 4.69) is 15.8 Å². The van der Waals surface area contributed by atoms with Gasteiger partial charge in [-0.25, -0.2) is 0 Å². The molecule has 38 heavy (non-hydrogen) atoms. The lowest BCUT2D eigenvalue weighted by Gasteiger charge is -2.36. The normalized spacial score (nSPS) is 12.1. The quantitative estimate of drug-likeness (QED) is 0.327. The zero-order chi connectivity index (χ0) is 28.0. The Labute approximate surface area is 228 Å². The van der Waals surface area contributed by atoms with Gasteiger partial charge >= 0.3 is 0 Å². The average Bonchev–Trinajstić information content (AvgIpc) is 3.26. The number of carbonyl (C=O) groups is 3. The van der Waals surface area contributed by atoms with Crippen LogP contribution in [0.15, 0.2) is 53.1 Å². The lowest BCUT2D eigenvalue weighted by molar-refractivity contribution is -0.128. The molecular weight excluding hydrogens is 504 g/mol. The van der Waals surface area contributed by atoms with E-state index in [0.29, 0.717) is 28.5 Å². The molecule has 0 radical (unpaired) electrons. The summed E-state index contributed by atoms with van der Waals surface area (Å²) in [6.07, 6.45) is 0.443. The molecule has 2 aromatic carbocycles. The van der Waals surface area contributed by atoms with Crippen LogP contribution >= 0.6 is 11.6 Å². The number of nitrogens with one attached hydrogen (secondary N) is 2. The van der Waals surface area contributed by atoms with E-state index in [-0.39, 0.29) is 36.4 Å². The highest BCUT2D eigenvalue weighted by Gasteiger charge is 2.37. The van der Waals surface area contributed by atoms with Crippen LogP contribution in [0.4, 0.5) is 11.5 Å². The maximum absolute atomic E-state index is 14.0.